The van der Waals surface area contributed by atoms with Crippen LogP contribution in [0.4, 0.5) is 0 Å². The average molecular weight is 524 g/mol. The molecule has 3 nitrogen and oxygen atoms in total. The van der Waals surface area contributed by atoms with Gasteiger partial charge in [0.2, 0.25) is 0 Å². The van der Waals surface area contributed by atoms with Crippen molar-refractivity contribution in [3.05, 3.63) is 105 Å². The van der Waals surface area contributed by atoms with Crippen molar-refractivity contribution in [3.63, 3.8) is 0 Å². The van der Waals surface area contributed by atoms with Gasteiger partial charge in [-0.1, -0.05) is 68.3 Å². The van der Waals surface area contributed by atoms with Gasteiger partial charge in [0, 0.05) is 21.3 Å². The summed E-state index contributed by atoms with van der Waals surface area (Å²) < 4.78 is 7.88. The van der Waals surface area contributed by atoms with Gasteiger partial charge in [-0.15, -0.1) is 0 Å². The first kappa shape index (κ1) is 23.9. The Labute approximate surface area is 209 Å². The molecule has 29 heavy (non-hydrogen) atoms. The maximum absolute atomic E-state index is 10.7. The molecule has 142 valence electrons. The first-order valence-electron chi connectivity index (χ1n) is 8.65. The van der Waals surface area contributed by atoms with Crippen LogP contribution in [0.5, 0.6) is 5.75 Å². The molecule has 0 heterocycles. The standard InChI is InChI=1S/C23H18Br2O3.Na/c24-19-7-3-17(4-8-19)22(18-5-9-20(25)10-6-18)13-14-28-21-11-1-16(2-12-21)15-23(26)27;/h1-13H,14-15H2,(H,26,27);/q;+1/p-1. The number of benzene rings is 3. The van der Waals surface area contributed by atoms with Crippen molar-refractivity contribution < 1.29 is 44.2 Å². The fourth-order valence-electron chi connectivity index (χ4n) is 2.75. The minimum Gasteiger partial charge on any atom is -0.550 e. The van der Waals surface area contributed by atoms with Gasteiger partial charge in [0.25, 0.3) is 0 Å². The summed E-state index contributed by atoms with van der Waals surface area (Å²) in [5, 5.41) is 10.7. The van der Waals surface area contributed by atoms with Crippen molar-refractivity contribution in [3.8, 4) is 5.75 Å². The molecular weight excluding hydrogens is 507 g/mol. The van der Waals surface area contributed by atoms with Crippen molar-refractivity contribution in [1.82, 2.24) is 0 Å². The van der Waals surface area contributed by atoms with Crippen LogP contribution in [-0.4, -0.2) is 12.6 Å². The average Bonchev–Trinajstić information content (AvgIpc) is 2.68. The minimum atomic E-state index is -1.09. The van der Waals surface area contributed by atoms with Crippen molar-refractivity contribution >= 4 is 43.4 Å². The number of hydrogen-bond acceptors (Lipinski definition) is 3. The zero-order valence-electron chi connectivity index (χ0n) is 15.9. The molecule has 0 fully saturated rings. The molecule has 0 spiro atoms. The topological polar surface area (TPSA) is 49.4 Å². The van der Waals surface area contributed by atoms with E-state index in [1.54, 1.807) is 24.3 Å². The fourth-order valence-corrected chi connectivity index (χ4v) is 3.28. The summed E-state index contributed by atoms with van der Waals surface area (Å²) in [5.74, 6) is -0.408. The van der Waals surface area contributed by atoms with Crippen LogP contribution in [0.2, 0.25) is 0 Å². The number of carboxylic acids is 1. The zero-order valence-corrected chi connectivity index (χ0v) is 21.1. The molecule has 0 aliphatic heterocycles. The van der Waals surface area contributed by atoms with E-state index >= 15 is 0 Å². The van der Waals surface area contributed by atoms with Gasteiger partial charge in [-0.05, 0) is 64.7 Å². The second-order valence-corrected chi connectivity index (χ2v) is 7.97. The van der Waals surface area contributed by atoms with E-state index in [0.29, 0.717) is 17.9 Å². The molecule has 0 saturated carbocycles. The third kappa shape index (κ3) is 7.43. The van der Waals surface area contributed by atoms with Gasteiger partial charge in [-0.25, -0.2) is 0 Å². The molecule has 0 unspecified atom stereocenters. The summed E-state index contributed by atoms with van der Waals surface area (Å²) in [6.07, 6.45) is 1.94. The normalized spacial score (nSPS) is 10.0. The maximum Gasteiger partial charge on any atom is 1.00 e. The zero-order chi connectivity index (χ0) is 19.9. The number of hydrogen-bond donors (Lipinski definition) is 0. The van der Waals surface area contributed by atoms with Gasteiger partial charge < -0.3 is 14.6 Å². The first-order chi connectivity index (χ1) is 13.5. The summed E-state index contributed by atoms with van der Waals surface area (Å²) in [5.41, 5.74) is 3.96. The summed E-state index contributed by atoms with van der Waals surface area (Å²) in [4.78, 5) is 10.7. The second-order valence-electron chi connectivity index (χ2n) is 6.14. The Hall–Kier alpha value is -1.37. The van der Waals surface area contributed by atoms with Gasteiger partial charge >= 0.3 is 29.6 Å². The molecular formula is C23H17Br2NaO3. The third-order valence-electron chi connectivity index (χ3n) is 4.12. The molecule has 0 saturated heterocycles. The predicted molar refractivity (Wildman–Crippen MR) is 116 cm³/mol. The third-order valence-corrected chi connectivity index (χ3v) is 5.18. The molecule has 0 aliphatic rings. The minimum absolute atomic E-state index is 0. The van der Waals surface area contributed by atoms with E-state index in [2.05, 4.69) is 56.1 Å². The summed E-state index contributed by atoms with van der Waals surface area (Å²) in [6.45, 7) is 0.390. The number of aliphatic carboxylic acids is 1. The Balaban J connectivity index is 0.00000300. The summed E-state index contributed by atoms with van der Waals surface area (Å²) in [7, 11) is 0. The molecule has 0 N–H and O–H groups in total. The van der Waals surface area contributed by atoms with E-state index < -0.39 is 5.97 Å². The van der Waals surface area contributed by atoms with E-state index in [0.717, 1.165) is 25.6 Å². The Morgan fingerprint density at radius 1 is 0.828 bits per heavy atom. The number of rotatable bonds is 7. The van der Waals surface area contributed by atoms with Crippen LogP contribution in [0.15, 0.2) is 87.8 Å². The monoisotopic (exact) mass is 522 g/mol. The first-order valence-corrected chi connectivity index (χ1v) is 10.2. The van der Waals surface area contributed by atoms with E-state index in [1.165, 1.54) is 0 Å². The Kier molecular flexibility index (Phi) is 9.66. The number of halogens is 2. The maximum atomic E-state index is 10.7. The molecule has 3 aromatic rings. The fraction of sp³-hybridized carbons (Fsp3) is 0.0870. The van der Waals surface area contributed by atoms with Crippen LogP contribution in [0.25, 0.3) is 5.57 Å². The van der Waals surface area contributed by atoms with Crippen LogP contribution in [0, 0.1) is 0 Å². The SMILES string of the molecule is O=C([O-])Cc1ccc(OCC=C(c2ccc(Br)cc2)c2ccc(Br)cc2)cc1.[Na+]. The van der Waals surface area contributed by atoms with Gasteiger partial charge in [0.15, 0.2) is 0 Å². The molecule has 0 bridgehead atoms. The van der Waals surface area contributed by atoms with E-state index in [1.807, 2.05) is 30.3 Å². The van der Waals surface area contributed by atoms with Gasteiger partial charge in [-0.2, -0.15) is 0 Å². The molecule has 0 atom stereocenters. The van der Waals surface area contributed by atoms with Crippen LogP contribution >= 0.6 is 31.9 Å². The number of carbonyl (C=O) groups excluding carboxylic acids is 1. The van der Waals surface area contributed by atoms with E-state index in [-0.39, 0.29) is 36.0 Å². The summed E-state index contributed by atoms with van der Waals surface area (Å²) >= 11 is 6.95. The van der Waals surface area contributed by atoms with Crippen molar-refractivity contribution in [2.45, 2.75) is 6.42 Å². The summed E-state index contributed by atoms with van der Waals surface area (Å²) in [6, 6.07) is 23.3. The molecule has 0 aliphatic carbocycles. The molecule has 3 rings (SSSR count). The smallest absolute Gasteiger partial charge is 0.550 e. The molecule has 0 aromatic heterocycles. The predicted octanol–water partition coefficient (Wildman–Crippen LogP) is 2.02. The van der Waals surface area contributed by atoms with Crippen LogP contribution in [0.1, 0.15) is 16.7 Å². The number of ether oxygens (including phenoxy) is 1. The largest absolute Gasteiger partial charge is 1.00 e. The Bertz CT molecular complexity index is 919. The molecule has 3 aromatic carbocycles. The van der Waals surface area contributed by atoms with Crippen LogP contribution in [0.3, 0.4) is 0 Å². The van der Waals surface area contributed by atoms with Crippen LogP contribution in [-0.2, 0) is 11.2 Å². The molecule has 0 radical (unpaired) electrons. The van der Waals surface area contributed by atoms with Crippen LogP contribution < -0.4 is 39.4 Å². The van der Waals surface area contributed by atoms with Gasteiger partial charge in [0.05, 0.1) is 0 Å². The Morgan fingerprint density at radius 2 is 1.31 bits per heavy atom. The number of carbonyl (C=O) groups is 1. The van der Waals surface area contributed by atoms with Crippen molar-refractivity contribution in [1.29, 1.82) is 0 Å². The Morgan fingerprint density at radius 3 is 1.76 bits per heavy atom. The molecule has 0 amide bonds. The van der Waals surface area contributed by atoms with Gasteiger partial charge in [0.1, 0.15) is 12.4 Å². The van der Waals surface area contributed by atoms with Crippen molar-refractivity contribution in [2.75, 3.05) is 6.61 Å². The quantitative estimate of drug-likeness (QED) is 0.445. The number of carboxylic acid groups (broad SMARTS) is 1. The van der Waals surface area contributed by atoms with E-state index in [4.69, 9.17) is 4.74 Å². The molecule has 6 heteroatoms. The second kappa shape index (κ2) is 11.7. The van der Waals surface area contributed by atoms with Crippen molar-refractivity contribution in [2.24, 2.45) is 0 Å². The van der Waals surface area contributed by atoms with Gasteiger partial charge in [-0.3, -0.25) is 0 Å². The van der Waals surface area contributed by atoms with E-state index in [9.17, 15) is 9.90 Å².